The summed E-state index contributed by atoms with van der Waals surface area (Å²) < 4.78 is 28.7. The highest BCUT2D eigenvalue weighted by Gasteiger charge is 2.19. The number of rotatable bonds is 4. The maximum atomic E-state index is 14.1. The van der Waals surface area contributed by atoms with Crippen molar-refractivity contribution in [1.82, 2.24) is 5.32 Å². The van der Waals surface area contributed by atoms with Gasteiger partial charge in [-0.3, -0.25) is 0 Å². The van der Waals surface area contributed by atoms with Gasteiger partial charge in [-0.15, -0.1) is 0 Å². The molecule has 1 N–H and O–H groups in total. The standard InChI is InChI=1S/C16H16BrF2N/c1-10-7-8-12(16(19)15(10)18)14(20-2)9-11-5-3-4-6-13(11)17/h3-8,14,20H,9H2,1-2H3. The largest absolute Gasteiger partial charge is 0.313 e. The molecule has 0 amide bonds. The van der Waals surface area contributed by atoms with Gasteiger partial charge in [-0.2, -0.15) is 0 Å². The minimum Gasteiger partial charge on any atom is -0.313 e. The second-order valence-electron chi connectivity index (χ2n) is 4.74. The third-order valence-corrected chi connectivity index (χ3v) is 4.18. The van der Waals surface area contributed by atoms with Gasteiger partial charge in [0.1, 0.15) is 0 Å². The molecule has 0 heterocycles. The van der Waals surface area contributed by atoms with E-state index in [4.69, 9.17) is 0 Å². The smallest absolute Gasteiger partial charge is 0.163 e. The lowest BCUT2D eigenvalue weighted by Gasteiger charge is -2.19. The van der Waals surface area contributed by atoms with Gasteiger partial charge in [0.05, 0.1) is 0 Å². The Kier molecular flexibility index (Phi) is 4.89. The maximum Gasteiger partial charge on any atom is 0.163 e. The molecule has 0 aliphatic rings. The third-order valence-electron chi connectivity index (χ3n) is 3.41. The molecule has 2 aromatic carbocycles. The van der Waals surface area contributed by atoms with E-state index in [2.05, 4.69) is 21.2 Å². The number of likely N-dealkylation sites (N-methyl/N-ethyl adjacent to an activating group) is 1. The first-order chi connectivity index (χ1) is 9.54. The first kappa shape index (κ1) is 15.1. The molecular weight excluding hydrogens is 324 g/mol. The van der Waals surface area contributed by atoms with E-state index >= 15 is 0 Å². The van der Waals surface area contributed by atoms with E-state index in [1.54, 1.807) is 26.1 Å². The molecule has 1 atom stereocenters. The Morgan fingerprint density at radius 3 is 2.45 bits per heavy atom. The van der Waals surface area contributed by atoms with Gasteiger partial charge < -0.3 is 5.32 Å². The third kappa shape index (κ3) is 3.07. The zero-order chi connectivity index (χ0) is 14.7. The van der Waals surface area contributed by atoms with Gasteiger partial charge in [0.2, 0.25) is 0 Å². The molecule has 0 aliphatic heterocycles. The van der Waals surface area contributed by atoms with Gasteiger partial charge >= 0.3 is 0 Å². The first-order valence-corrected chi connectivity index (χ1v) is 7.19. The lowest BCUT2D eigenvalue weighted by Crippen LogP contribution is -2.21. The molecule has 0 fully saturated rings. The van der Waals surface area contributed by atoms with E-state index < -0.39 is 11.6 Å². The van der Waals surface area contributed by atoms with Crippen LogP contribution in [-0.2, 0) is 6.42 Å². The van der Waals surface area contributed by atoms with Crippen molar-refractivity contribution < 1.29 is 8.78 Å². The van der Waals surface area contributed by atoms with Gasteiger partial charge in [-0.1, -0.05) is 46.3 Å². The topological polar surface area (TPSA) is 12.0 Å². The quantitative estimate of drug-likeness (QED) is 0.862. The van der Waals surface area contributed by atoms with Crippen LogP contribution in [-0.4, -0.2) is 7.05 Å². The Labute approximate surface area is 126 Å². The van der Waals surface area contributed by atoms with Crippen LogP contribution in [0.3, 0.4) is 0 Å². The fourth-order valence-corrected chi connectivity index (χ4v) is 2.63. The number of aryl methyl sites for hydroxylation is 1. The van der Waals surface area contributed by atoms with Crippen LogP contribution >= 0.6 is 15.9 Å². The fraction of sp³-hybridized carbons (Fsp3) is 0.250. The average Bonchev–Trinajstić information content (AvgIpc) is 2.45. The Bertz CT molecular complexity index is 613. The molecule has 0 aliphatic carbocycles. The zero-order valence-electron chi connectivity index (χ0n) is 11.4. The molecule has 0 spiro atoms. The second kappa shape index (κ2) is 6.46. The van der Waals surface area contributed by atoms with E-state index in [1.807, 2.05) is 24.3 Å². The van der Waals surface area contributed by atoms with Crippen LogP contribution in [0, 0.1) is 18.6 Å². The van der Waals surface area contributed by atoms with Crippen LogP contribution in [0.4, 0.5) is 8.78 Å². The van der Waals surface area contributed by atoms with Crippen molar-refractivity contribution in [3.8, 4) is 0 Å². The molecule has 1 nitrogen and oxygen atoms in total. The normalized spacial score (nSPS) is 12.4. The SMILES string of the molecule is CNC(Cc1ccccc1Br)c1ccc(C)c(F)c1F. The van der Waals surface area contributed by atoms with Gasteiger partial charge in [0.25, 0.3) is 0 Å². The van der Waals surface area contributed by atoms with E-state index in [1.165, 1.54) is 0 Å². The number of hydrogen-bond donors (Lipinski definition) is 1. The molecule has 0 aromatic heterocycles. The summed E-state index contributed by atoms with van der Waals surface area (Å²) in [5.41, 5.74) is 1.72. The van der Waals surface area contributed by atoms with Crippen LogP contribution in [0.5, 0.6) is 0 Å². The molecule has 0 bridgehead atoms. The lowest BCUT2D eigenvalue weighted by atomic mass is 9.97. The molecule has 0 saturated heterocycles. The van der Waals surface area contributed by atoms with E-state index in [0.717, 1.165) is 10.0 Å². The summed E-state index contributed by atoms with van der Waals surface area (Å²) in [4.78, 5) is 0. The van der Waals surface area contributed by atoms with Crippen LogP contribution in [0.15, 0.2) is 40.9 Å². The van der Waals surface area contributed by atoms with Crippen molar-refractivity contribution >= 4 is 15.9 Å². The molecule has 1 unspecified atom stereocenters. The van der Waals surface area contributed by atoms with Crippen molar-refractivity contribution in [3.63, 3.8) is 0 Å². The summed E-state index contributed by atoms with van der Waals surface area (Å²) in [6.45, 7) is 1.56. The van der Waals surface area contributed by atoms with Gasteiger partial charge in [-0.25, -0.2) is 8.78 Å². The van der Waals surface area contributed by atoms with Crippen molar-refractivity contribution in [1.29, 1.82) is 0 Å². The molecule has 106 valence electrons. The summed E-state index contributed by atoms with van der Waals surface area (Å²) in [7, 11) is 1.75. The minimum atomic E-state index is -0.769. The lowest BCUT2D eigenvalue weighted by molar-refractivity contribution is 0.469. The van der Waals surface area contributed by atoms with E-state index in [0.29, 0.717) is 17.5 Å². The highest BCUT2D eigenvalue weighted by atomic mass is 79.9. The minimum absolute atomic E-state index is 0.274. The predicted octanol–water partition coefficient (Wildman–Crippen LogP) is 4.54. The summed E-state index contributed by atoms with van der Waals surface area (Å²) in [6, 6.07) is 10.7. The van der Waals surface area contributed by atoms with Gasteiger partial charge in [0, 0.05) is 16.1 Å². The monoisotopic (exact) mass is 339 g/mol. The molecule has 2 rings (SSSR count). The summed E-state index contributed by atoms with van der Waals surface area (Å²) in [5.74, 6) is -1.54. The summed E-state index contributed by atoms with van der Waals surface area (Å²) in [6.07, 6.45) is 0.581. The molecule has 4 heteroatoms. The molecule has 0 saturated carbocycles. The summed E-state index contributed by atoms with van der Waals surface area (Å²) in [5, 5.41) is 3.05. The fourth-order valence-electron chi connectivity index (χ4n) is 2.18. The second-order valence-corrected chi connectivity index (χ2v) is 5.59. The molecule has 20 heavy (non-hydrogen) atoms. The van der Waals surface area contributed by atoms with E-state index in [9.17, 15) is 8.78 Å². The molecule has 0 radical (unpaired) electrons. The van der Waals surface area contributed by atoms with Crippen LogP contribution < -0.4 is 5.32 Å². The Hall–Kier alpha value is -1.26. The van der Waals surface area contributed by atoms with Crippen LogP contribution in [0.1, 0.15) is 22.7 Å². The van der Waals surface area contributed by atoms with Crippen molar-refractivity contribution in [2.45, 2.75) is 19.4 Å². The molecule has 2 aromatic rings. The van der Waals surface area contributed by atoms with Crippen LogP contribution in [0.2, 0.25) is 0 Å². The van der Waals surface area contributed by atoms with Gasteiger partial charge in [-0.05, 0) is 37.6 Å². The Morgan fingerprint density at radius 2 is 1.80 bits per heavy atom. The van der Waals surface area contributed by atoms with Crippen molar-refractivity contribution in [2.75, 3.05) is 7.05 Å². The van der Waals surface area contributed by atoms with Crippen molar-refractivity contribution in [3.05, 3.63) is 69.2 Å². The number of nitrogens with one attached hydrogen (secondary N) is 1. The van der Waals surface area contributed by atoms with E-state index in [-0.39, 0.29) is 6.04 Å². The number of halogens is 3. The van der Waals surface area contributed by atoms with Gasteiger partial charge in [0.15, 0.2) is 11.6 Å². The predicted molar refractivity (Wildman–Crippen MR) is 80.7 cm³/mol. The highest BCUT2D eigenvalue weighted by molar-refractivity contribution is 9.10. The zero-order valence-corrected chi connectivity index (χ0v) is 13.0. The summed E-state index contributed by atoms with van der Waals surface area (Å²) >= 11 is 3.48. The first-order valence-electron chi connectivity index (χ1n) is 6.39. The average molecular weight is 340 g/mol. The number of benzene rings is 2. The highest BCUT2D eigenvalue weighted by Crippen LogP contribution is 2.27. The van der Waals surface area contributed by atoms with Crippen molar-refractivity contribution in [2.24, 2.45) is 0 Å². The maximum absolute atomic E-state index is 14.1. The Morgan fingerprint density at radius 1 is 1.10 bits per heavy atom. The Balaban J connectivity index is 2.34. The van der Waals surface area contributed by atoms with Crippen LogP contribution in [0.25, 0.3) is 0 Å². The number of hydrogen-bond acceptors (Lipinski definition) is 1. The molecular formula is C16H16BrF2N.